The molecule has 0 aromatic carbocycles. The quantitative estimate of drug-likeness (QED) is 0.773. The fourth-order valence-corrected chi connectivity index (χ4v) is 2.71. The lowest BCUT2D eigenvalue weighted by molar-refractivity contribution is 0.102. The fraction of sp³-hybridized carbons (Fsp3) is 0.214. The number of Topliss-reactive ketones (excluding diaryl/α,β-unsaturated/α-hetero) is 1. The van der Waals surface area contributed by atoms with Crippen molar-refractivity contribution in [3.63, 3.8) is 0 Å². The van der Waals surface area contributed by atoms with Gasteiger partial charge in [-0.15, -0.1) is 11.3 Å². The first-order valence-electron chi connectivity index (χ1n) is 5.52. The molecule has 0 aliphatic heterocycles. The number of pyridine rings is 1. The topological polar surface area (TPSA) is 53.8 Å². The van der Waals surface area contributed by atoms with Crippen LogP contribution < -0.4 is 0 Å². The van der Waals surface area contributed by atoms with Crippen LogP contribution in [0.4, 0.5) is 0 Å². The van der Waals surface area contributed by atoms with Crippen LogP contribution in [0.15, 0.2) is 18.2 Å². The van der Waals surface area contributed by atoms with Gasteiger partial charge in [0.15, 0.2) is 5.78 Å². The molecule has 0 radical (unpaired) electrons. The zero-order valence-electron chi connectivity index (χ0n) is 10.4. The molecule has 0 saturated carbocycles. The van der Waals surface area contributed by atoms with E-state index in [-0.39, 0.29) is 5.78 Å². The maximum Gasteiger partial charge on any atom is 0.169 e. The molecule has 18 heavy (non-hydrogen) atoms. The molecule has 2 heterocycles. The molecule has 90 valence electrons. The number of nitrogens with zero attached hydrogens (tertiary/aromatic N) is 2. The van der Waals surface area contributed by atoms with Gasteiger partial charge in [0.2, 0.25) is 0 Å². The van der Waals surface area contributed by atoms with Crippen LogP contribution in [0.5, 0.6) is 0 Å². The summed E-state index contributed by atoms with van der Waals surface area (Å²) >= 11 is 1.38. The summed E-state index contributed by atoms with van der Waals surface area (Å²) in [5.41, 5.74) is 3.04. The van der Waals surface area contributed by atoms with Crippen LogP contribution in [0, 0.1) is 25.2 Å². The van der Waals surface area contributed by atoms with Crippen molar-refractivity contribution in [2.45, 2.75) is 20.8 Å². The zero-order chi connectivity index (χ0) is 13.3. The molecule has 2 rings (SSSR count). The molecular weight excluding hydrogens is 244 g/mol. The Balaban J connectivity index is 2.63. The number of aromatic nitrogens is 1. The first-order chi connectivity index (χ1) is 8.52. The molecule has 3 nitrogen and oxygen atoms in total. The fourth-order valence-electron chi connectivity index (χ4n) is 1.81. The van der Waals surface area contributed by atoms with Crippen molar-refractivity contribution < 1.29 is 4.79 Å². The summed E-state index contributed by atoms with van der Waals surface area (Å²) in [6, 6.07) is 7.71. The minimum Gasteiger partial charge on any atom is -0.294 e. The summed E-state index contributed by atoms with van der Waals surface area (Å²) in [6.07, 6.45) is 0. The van der Waals surface area contributed by atoms with Gasteiger partial charge in [-0.3, -0.25) is 9.78 Å². The predicted octanol–water partition coefficient (Wildman–Crippen LogP) is 3.50. The lowest BCUT2D eigenvalue weighted by Crippen LogP contribution is -1.94. The molecule has 0 saturated heterocycles. The van der Waals surface area contributed by atoms with Crippen LogP contribution in [0.1, 0.15) is 33.4 Å². The number of aryl methyl sites for hydroxylation is 2. The molecule has 0 atom stereocenters. The second-order valence-electron chi connectivity index (χ2n) is 4.14. The van der Waals surface area contributed by atoms with E-state index in [0.717, 1.165) is 16.1 Å². The number of carbonyl (C=O) groups excluding carboxylic acids is 1. The minimum absolute atomic E-state index is 0.0362. The maximum atomic E-state index is 11.3. The van der Waals surface area contributed by atoms with Crippen molar-refractivity contribution in [3.8, 4) is 16.6 Å². The zero-order valence-corrected chi connectivity index (χ0v) is 11.3. The van der Waals surface area contributed by atoms with Crippen LogP contribution in [0.25, 0.3) is 10.6 Å². The van der Waals surface area contributed by atoms with Crippen LogP contribution in [0.2, 0.25) is 0 Å². The highest BCUT2D eigenvalue weighted by atomic mass is 32.1. The van der Waals surface area contributed by atoms with Crippen molar-refractivity contribution in [1.82, 2.24) is 4.98 Å². The third-order valence-corrected chi connectivity index (χ3v) is 3.84. The van der Waals surface area contributed by atoms with Gasteiger partial charge in [-0.25, -0.2) is 0 Å². The molecule has 0 bridgehead atoms. The first kappa shape index (κ1) is 12.5. The number of rotatable bonds is 2. The van der Waals surface area contributed by atoms with Crippen molar-refractivity contribution in [2.75, 3.05) is 0 Å². The summed E-state index contributed by atoms with van der Waals surface area (Å²) in [5, 5.41) is 9.22. The molecule has 2 aromatic heterocycles. The molecule has 0 fully saturated rings. The van der Waals surface area contributed by atoms with E-state index in [1.807, 2.05) is 26.0 Å². The third-order valence-electron chi connectivity index (χ3n) is 2.64. The summed E-state index contributed by atoms with van der Waals surface area (Å²) in [4.78, 5) is 17.3. The Bertz CT molecular complexity index is 665. The maximum absolute atomic E-state index is 11.3. The predicted molar refractivity (Wildman–Crippen MR) is 71.7 cm³/mol. The van der Waals surface area contributed by atoms with E-state index in [1.165, 1.54) is 18.3 Å². The number of thiophene rings is 1. The Morgan fingerprint density at radius 1 is 1.39 bits per heavy atom. The Morgan fingerprint density at radius 3 is 2.67 bits per heavy atom. The van der Waals surface area contributed by atoms with Gasteiger partial charge in [-0.2, -0.15) is 5.26 Å². The standard InChI is InChI=1S/C14H12N2OS/c1-8-6-9(2)16-14(11(8)7-15)13-5-4-12(18-13)10(3)17/h4-6H,1-3H3. The lowest BCUT2D eigenvalue weighted by Gasteiger charge is -2.05. The SMILES string of the molecule is CC(=O)c1ccc(-c2nc(C)cc(C)c2C#N)s1. The molecule has 0 N–H and O–H groups in total. The Labute approximate surface area is 110 Å². The van der Waals surface area contributed by atoms with Gasteiger partial charge in [0.1, 0.15) is 6.07 Å². The molecule has 0 amide bonds. The highest BCUT2D eigenvalue weighted by Gasteiger charge is 2.13. The number of nitriles is 1. The average molecular weight is 256 g/mol. The van der Waals surface area contributed by atoms with Gasteiger partial charge in [-0.1, -0.05) is 0 Å². The van der Waals surface area contributed by atoms with Gasteiger partial charge >= 0.3 is 0 Å². The van der Waals surface area contributed by atoms with E-state index in [9.17, 15) is 10.1 Å². The molecule has 0 unspecified atom stereocenters. The second-order valence-corrected chi connectivity index (χ2v) is 5.22. The molecule has 4 heteroatoms. The smallest absolute Gasteiger partial charge is 0.169 e. The van der Waals surface area contributed by atoms with E-state index in [4.69, 9.17) is 0 Å². The number of hydrogen-bond acceptors (Lipinski definition) is 4. The van der Waals surface area contributed by atoms with Crippen molar-refractivity contribution in [1.29, 1.82) is 5.26 Å². The monoisotopic (exact) mass is 256 g/mol. The van der Waals surface area contributed by atoms with Gasteiger partial charge in [0.05, 0.1) is 21.0 Å². The Kier molecular flexibility index (Phi) is 3.26. The number of ketones is 1. The Morgan fingerprint density at radius 2 is 2.11 bits per heavy atom. The summed E-state index contributed by atoms with van der Waals surface area (Å²) < 4.78 is 0. The van der Waals surface area contributed by atoms with Crippen LogP contribution in [-0.2, 0) is 0 Å². The normalized spacial score (nSPS) is 10.1. The molecule has 0 aliphatic carbocycles. The van der Waals surface area contributed by atoms with Crippen molar-refractivity contribution in [2.24, 2.45) is 0 Å². The average Bonchev–Trinajstić information content (AvgIpc) is 2.77. The second kappa shape index (κ2) is 4.71. The van der Waals surface area contributed by atoms with Gasteiger partial charge in [0.25, 0.3) is 0 Å². The van der Waals surface area contributed by atoms with Gasteiger partial charge in [0, 0.05) is 5.69 Å². The van der Waals surface area contributed by atoms with E-state index in [1.54, 1.807) is 6.07 Å². The molecular formula is C14H12N2OS. The number of hydrogen-bond donors (Lipinski definition) is 0. The van der Waals surface area contributed by atoms with E-state index < -0.39 is 0 Å². The van der Waals surface area contributed by atoms with Crippen molar-refractivity contribution >= 4 is 17.1 Å². The summed E-state index contributed by atoms with van der Waals surface area (Å²) in [6.45, 7) is 5.34. The first-order valence-corrected chi connectivity index (χ1v) is 6.34. The van der Waals surface area contributed by atoms with Crippen molar-refractivity contribution in [3.05, 3.63) is 39.9 Å². The summed E-state index contributed by atoms with van der Waals surface area (Å²) in [7, 11) is 0. The lowest BCUT2D eigenvalue weighted by atomic mass is 10.1. The molecule has 2 aromatic rings. The highest BCUT2D eigenvalue weighted by molar-refractivity contribution is 7.17. The largest absolute Gasteiger partial charge is 0.294 e. The molecule has 0 aliphatic rings. The summed E-state index contributed by atoms with van der Waals surface area (Å²) in [5.74, 6) is 0.0362. The van der Waals surface area contributed by atoms with Crippen LogP contribution in [-0.4, -0.2) is 10.8 Å². The molecule has 0 spiro atoms. The van der Waals surface area contributed by atoms with E-state index >= 15 is 0 Å². The van der Waals surface area contributed by atoms with E-state index in [0.29, 0.717) is 16.1 Å². The third kappa shape index (κ3) is 2.18. The van der Waals surface area contributed by atoms with Crippen LogP contribution in [0.3, 0.4) is 0 Å². The van der Waals surface area contributed by atoms with E-state index in [2.05, 4.69) is 11.1 Å². The minimum atomic E-state index is 0.0362. The van der Waals surface area contributed by atoms with Gasteiger partial charge in [-0.05, 0) is 44.5 Å². The van der Waals surface area contributed by atoms with Crippen LogP contribution >= 0.6 is 11.3 Å². The van der Waals surface area contributed by atoms with Gasteiger partial charge < -0.3 is 0 Å². The Hall–Kier alpha value is -1.99. The number of carbonyl (C=O) groups is 1. The highest BCUT2D eigenvalue weighted by Crippen LogP contribution is 2.30.